The number of para-hydroxylation sites is 1. The minimum absolute atomic E-state index is 0.0112. The molecule has 2 aromatic carbocycles. The maximum atomic E-state index is 13.9. The third-order valence-electron chi connectivity index (χ3n) is 13.3. The van der Waals surface area contributed by atoms with Crippen molar-refractivity contribution in [3.63, 3.8) is 0 Å². The summed E-state index contributed by atoms with van der Waals surface area (Å²) >= 11 is 0. The number of amides is 2. The summed E-state index contributed by atoms with van der Waals surface area (Å²) in [6.45, 7) is 22.2. The van der Waals surface area contributed by atoms with E-state index < -0.39 is 8.60 Å². The number of fused-ring (bicyclic) bond motifs is 2. The Kier molecular flexibility index (Phi) is 52.3. The maximum absolute atomic E-state index is 13.9. The topological polar surface area (TPSA) is 283 Å². The molecule has 1 aliphatic heterocycles. The normalized spacial score (nSPS) is 13.5. The van der Waals surface area contributed by atoms with E-state index in [1.165, 1.54) is 7.11 Å². The Hall–Kier alpha value is -3.94. The quantitative estimate of drug-likeness (QED) is 0.0175. The summed E-state index contributed by atoms with van der Waals surface area (Å²) in [5, 5.41) is 6.49. The Bertz CT molecular complexity index is 2160. The first-order chi connectivity index (χ1) is 45.2. The van der Waals surface area contributed by atoms with Gasteiger partial charge in [-0.15, -0.1) is 0 Å². The molecule has 1 aliphatic rings. The summed E-state index contributed by atoms with van der Waals surface area (Å²) in [6, 6.07) is 15.8. The summed E-state index contributed by atoms with van der Waals surface area (Å²) in [5.41, 5.74) is 7.93. The summed E-state index contributed by atoms with van der Waals surface area (Å²) in [4.78, 5) is 44.1. The van der Waals surface area contributed by atoms with E-state index in [0.29, 0.717) is 243 Å². The highest BCUT2D eigenvalue weighted by Crippen LogP contribution is 2.41. The van der Waals surface area contributed by atoms with Crippen LogP contribution in [0.2, 0.25) is 0 Å². The van der Waals surface area contributed by atoms with Crippen LogP contribution in [0.1, 0.15) is 102 Å². The second-order valence-electron chi connectivity index (χ2n) is 21.3. The van der Waals surface area contributed by atoms with Crippen LogP contribution in [0, 0.1) is 5.92 Å². The molecular formula is C65H112N5O21P. The molecule has 0 spiro atoms. The molecule has 0 saturated heterocycles. The van der Waals surface area contributed by atoms with Crippen molar-refractivity contribution in [3.8, 4) is 0 Å². The third-order valence-corrected chi connectivity index (χ3v) is 14.6. The molecule has 92 heavy (non-hydrogen) atoms. The van der Waals surface area contributed by atoms with E-state index in [4.69, 9.17) is 85.9 Å². The first-order valence-corrected chi connectivity index (χ1v) is 33.9. The average Bonchev–Trinajstić information content (AvgIpc) is 0.811. The van der Waals surface area contributed by atoms with E-state index >= 15 is 0 Å². The molecule has 0 fully saturated rings. The summed E-state index contributed by atoms with van der Waals surface area (Å²) < 4.78 is 94.5. The number of unbranched alkanes of at least 4 members (excludes halogenated alkanes) is 4. The zero-order valence-corrected chi connectivity index (χ0v) is 56.7. The molecular weight excluding hydrogens is 1220 g/mol. The van der Waals surface area contributed by atoms with E-state index in [2.05, 4.69) is 20.9 Å². The predicted octanol–water partition coefficient (Wildman–Crippen LogP) is 6.74. The lowest BCUT2D eigenvalue weighted by molar-refractivity contribution is -0.192. The number of carbonyl (C=O) groups is 3. The molecule has 0 aromatic heterocycles. The second kappa shape index (κ2) is 58.4. The number of benzene rings is 2. The van der Waals surface area contributed by atoms with Crippen LogP contribution in [0.5, 0.6) is 0 Å². The van der Waals surface area contributed by atoms with Gasteiger partial charge < -0.3 is 96.3 Å². The molecule has 0 saturated carbocycles. The Morgan fingerprint density at radius 3 is 1.39 bits per heavy atom. The van der Waals surface area contributed by atoms with Gasteiger partial charge >= 0.3 is 8.60 Å². The number of ketones is 1. The Morgan fingerprint density at radius 1 is 0.467 bits per heavy atom. The number of anilines is 1. The van der Waals surface area contributed by atoms with Crippen molar-refractivity contribution in [3.05, 3.63) is 65.2 Å². The van der Waals surface area contributed by atoms with Crippen molar-refractivity contribution in [2.75, 3.05) is 217 Å². The van der Waals surface area contributed by atoms with Crippen molar-refractivity contribution >= 4 is 43.3 Å². The number of hydrogen-bond donors (Lipinski definition) is 4. The Morgan fingerprint density at radius 2 is 0.902 bits per heavy atom. The van der Waals surface area contributed by atoms with Crippen molar-refractivity contribution in [1.29, 1.82) is 0 Å². The fourth-order valence-electron chi connectivity index (χ4n) is 8.57. The zero-order chi connectivity index (χ0) is 66.0. The molecule has 3 rings (SSSR count). The Balaban J connectivity index is 1.08. The number of rotatable bonds is 65. The lowest BCUT2D eigenvalue weighted by Crippen LogP contribution is -2.35. The van der Waals surface area contributed by atoms with E-state index in [1.807, 2.05) is 81.1 Å². The van der Waals surface area contributed by atoms with Gasteiger partial charge in [0.25, 0.3) is 0 Å². The maximum Gasteiger partial charge on any atom is 0.363 e. The van der Waals surface area contributed by atoms with Gasteiger partial charge in [-0.3, -0.25) is 20.2 Å². The van der Waals surface area contributed by atoms with E-state index in [9.17, 15) is 14.4 Å². The van der Waals surface area contributed by atoms with Crippen LogP contribution < -0.4 is 26.8 Å². The van der Waals surface area contributed by atoms with Crippen molar-refractivity contribution in [2.24, 2.45) is 11.8 Å². The number of nitrogens with one attached hydrogen (secondary N) is 3. The van der Waals surface area contributed by atoms with Crippen LogP contribution in [-0.4, -0.2) is 236 Å². The highest BCUT2D eigenvalue weighted by atomic mass is 31.2. The average molecular weight is 1330 g/mol. The van der Waals surface area contributed by atoms with Crippen LogP contribution in [0.15, 0.2) is 48.5 Å². The molecule has 5 N–H and O–H groups in total. The van der Waals surface area contributed by atoms with Gasteiger partial charge in [-0.05, 0) is 51.2 Å². The van der Waals surface area contributed by atoms with Crippen LogP contribution >= 0.6 is 8.60 Å². The number of nitrogens with two attached hydrogens (primary N) is 1. The summed E-state index contributed by atoms with van der Waals surface area (Å²) in [5.74, 6) is 6.49. The number of carbonyl (C=O) groups excluding carboxylic acids is 3. The summed E-state index contributed by atoms with van der Waals surface area (Å²) in [7, 11) is -0.0699. The standard InChI is InChI=1S/C65H112N5O21P/c1-55(2)61(71)21-27-76-31-35-80-39-38-79-34-30-75-25-15-12-20-63(73)70-54-57-16-8-9-17-58(57)64(65(69-66)59-18-10-11-19-60(59)70)68-24-29-78-33-37-82-41-43-84-45-47-86-49-51-88-53-52-87-50-48-85-46-44-83-42-40-81-36-32-77-28-22-62(72)67-23-13-6-7-14-26-89-92(91-74-5)90-56(3)4/h8-11,16-19,55-56,68-69H,6-7,12-15,20-54,66H2,1-5H3,(H,67,72)/b65-64-. The molecule has 26 nitrogen and oxygen atoms in total. The van der Waals surface area contributed by atoms with Crippen LogP contribution in [-0.2, 0) is 106 Å². The highest BCUT2D eigenvalue weighted by Gasteiger charge is 2.27. The van der Waals surface area contributed by atoms with Crippen molar-refractivity contribution in [1.82, 2.24) is 16.1 Å². The minimum atomic E-state index is -1.50. The number of hydrazine groups is 1. The van der Waals surface area contributed by atoms with Gasteiger partial charge in [-0.2, -0.15) is 4.67 Å². The first-order valence-electron chi connectivity index (χ1n) is 32.8. The Labute approximate surface area is 548 Å². The van der Waals surface area contributed by atoms with Crippen molar-refractivity contribution in [2.45, 2.75) is 98.1 Å². The van der Waals surface area contributed by atoms with Gasteiger partial charge in [0.05, 0.1) is 222 Å². The first kappa shape index (κ1) is 82.3. The molecule has 2 aromatic rings. The molecule has 0 radical (unpaired) electrons. The molecule has 0 bridgehead atoms. The molecule has 1 heterocycles. The number of hydrogen-bond acceptors (Lipinski definition) is 24. The van der Waals surface area contributed by atoms with Gasteiger partial charge in [0.2, 0.25) is 11.8 Å². The molecule has 1 unspecified atom stereocenters. The van der Waals surface area contributed by atoms with E-state index in [-0.39, 0.29) is 29.6 Å². The number of Topliss-reactive ketones (excluding diaryl/α,β-unsaturated/α-hetero) is 1. The molecule has 2 amide bonds. The van der Waals surface area contributed by atoms with Gasteiger partial charge in [0.15, 0.2) is 0 Å². The number of nitrogens with zero attached hydrogens (tertiary/aromatic N) is 1. The molecule has 528 valence electrons. The van der Waals surface area contributed by atoms with Gasteiger partial charge in [-0.25, -0.2) is 4.89 Å². The lowest BCUT2D eigenvalue weighted by atomic mass is 9.95. The third kappa shape index (κ3) is 42.5. The minimum Gasteiger partial charge on any atom is -0.381 e. The van der Waals surface area contributed by atoms with Gasteiger partial charge in [0.1, 0.15) is 5.78 Å². The predicted molar refractivity (Wildman–Crippen MR) is 349 cm³/mol. The molecule has 27 heteroatoms. The largest absolute Gasteiger partial charge is 0.381 e. The SMILES string of the molecule is COOP(OCCCCCCNC(=O)CCOCCOCCOCCOCCOCCOCCOCCOCCOCCOCCN/C1=C(\NN)c2ccccc2N(C(=O)CCCCOCCOCCOCCOCCC(=O)C(C)C)Cc2ccccc21)OC(C)C. The lowest BCUT2D eigenvalue weighted by Gasteiger charge is -2.31. The van der Waals surface area contributed by atoms with E-state index in [0.717, 1.165) is 60.2 Å². The smallest absolute Gasteiger partial charge is 0.363 e. The summed E-state index contributed by atoms with van der Waals surface area (Å²) in [6.07, 6.45) is 6.24. The molecule has 0 aliphatic carbocycles. The monoisotopic (exact) mass is 1330 g/mol. The molecule has 1 atom stereocenters. The fraction of sp³-hybridized carbons (Fsp3) is 0.738. The van der Waals surface area contributed by atoms with Gasteiger partial charge in [0, 0.05) is 56.0 Å². The van der Waals surface area contributed by atoms with Crippen LogP contribution in [0.4, 0.5) is 5.69 Å². The van der Waals surface area contributed by atoms with E-state index in [1.54, 1.807) is 0 Å². The number of ether oxygens (including phenoxy) is 14. The fourth-order valence-corrected chi connectivity index (χ4v) is 9.46. The van der Waals surface area contributed by atoms with Crippen LogP contribution in [0.25, 0.3) is 11.4 Å². The highest BCUT2D eigenvalue weighted by molar-refractivity contribution is 7.41. The van der Waals surface area contributed by atoms with Crippen LogP contribution in [0.3, 0.4) is 0 Å². The zero-order valence-electron chi connectivity index (χ0n) is 55.8. The van der Waals surface area contributed by atoms with Gasteiger partial charge in [-0.1, -0.05) is 69.2 Å². The second-order valence-corrected chi connectivity index (χ2v) is 22.4. The van der Waals surface area contributed by atoms with Crippen molar-refractivity contribution < 1.29 is 99.3 Å².